The monoisotopic (exact) mass is 292 g/mol. The van der Waals surface area contributed by atoms with Crippen molar-refractivity contribution >= 4 is 17.3 Å². The number of carbonyl (C=O) groups is 1. The van der Waals surface area contributed by atoms with Crippen LogP contribution < -0.4 is 5.32 Å². The summed E-state index contributed by atoms with van der Waals surface area (Å²) in [6.45, 7) is 2.20. The number of nitro groups is 1. The lowest BCUT2D eigenvalue weighted by Crippen LogP contribution is -2.26. The van der Waals surface area contributed by atoms with E-state index in [9.17, 15) is 14.9 Å². The Bertz CT molecular complexity index is 536. The minimum Gasteiger partial charge on any atom is -0.477 e. The van der Waals surface area contributed by atoms with E-state index in [1.54, 1.807) is 6.07 Å². The van der Waals surface area contributed by atoms with Crippen molar-refractivity contribution in [3.05, 3.63) is 33.9 Å². The van der Waals surface area contributed by atoms with E-state index in [0.29, 0.717) is 11.7 Å². The molecule has 21 heavy (non-hydrogen) atoms. The second kappa shape index (κ2) is 6.56. The van der Waals surface area contributed by atoms with Crippen LogP contribution in [0.2, 0.25) is 0 Å². The van der Waals surface area contributed by atoms with Crippen molar-refractivity contribution < 1.29 is 14.8 Å². The third-order valence-corrected chi connectivity index (χ3v) is 4.22. The number of carboxylic acid groups (broad SMARTS) is 1. The van der Waals surface area contributed by atoms with Crippen molar-refractivity contribution in [2.24, 2.45) is 5.92 Å². The Hall–Kier alpha value is -2.11. The van der Waals surface area contributed by atoms with Gasteiger partial charge in [0.25, 0.3) is 5.69 Å². The Kier molecular flexibility index (Phi) is 4.77. The van der Waals surface area contributed by atoms with Crippen molar-refractivity contribution in [2.75, 3.05) is 5.32 Å². The van der Waals surface area contributed by atoms with Crippen LogP contribution in [-0.2, 0) is 0 Å². The number of benzene rings is 1. The summed E-state index contributed by atoms with van der Waals surface area (Å²) in [7, 11) is 0. The minimum absolute atomic E-state index is 0.271. The van der Waals surface area contributed by atoms with Crippen LogP contribution in [0.3, 0.4) is 0 Å². The average Bonchev–Trinajstić information content (AvgIpc) is 2.47. The molecule has 0 unspecified atom stereocenters. The summed E-state index contributed by atoms with van der Waals surface area (Å²) in [5, 5.41) is 23.2. The van der Waals surface area contributed by atoms with E-state index in [1.807, 2.05) is 0 Å². The summed E-state index contributed by atoms with van der Waals surface area (Å²) >= 11 is 0. The number of rotatable bonds is 5. The van der Waals surface area contributed by atoms with Crippen LogP contribution in [0.4, 0.5) is 11.4 Å². The highest BCUT2D eigenvalue weighted by Crippen LogP contribution is 2.29. The Balaban J connectivity index is 2.09. The molecule has 0 aromatic heterocycles. The fourth-order valence-corrected chi connectivity index (χ4v) is 2.91. The van der Waals surface area contributed by atoms with Crippen LogP contribution >= 0.6 is 0 Å². The number of carboxylic acids is 1. The molecule has 2 rings (SSSR count). The topological polar surface area (TPSA) is 92.5 Å². The van der Waals surface area contributed by atoms with Crippen LogP contribution in [0.5, 0.6) is 0 Å². The van der Waals surface area contributed by atoms with Gasteiger partial charge in [0.15, 0.2) is 0 Å². The number of nitrogens with one attached hydrogen (secondary N) is 1. The average molecular weight is 292 g/mol. The molecule has 0 saturated heterocycles. The smallest absolute Gasteiger partial charge is 0.342 e. The third-order valence-electron chi connectivity index (χ3n) is 4.22. The molecule has 0 heterocycles. The number of hydrogen-bond acceptors (Lipinski definition) is 4. The Morgan fingerprint density at radius 1 is 1.38 bits per heavy atom. The van der Waals surface area contributed by atoms with Gasteiger partial charge in [-0.15, -0.1) is 0 Å². The van der Waals surface area contributed by atoms with Gasteiger partial charge in [-0.1, -0.05) is 13.3 Å². The molecule has 1 saturated carbocycles. The molecule has 0 aliphatic heterocycles. The molecule has 1 aliphatic carbocycles. The molecule has 2 N–H and O–H groups in total. The van der Waals surface area contributed by atoms with E-state index >= 15 is 0 Å². The fraction of sp³-hybridized carbons (Fsp3) is 0.533. The van der Waals surface area contributed by atoms with Gasteiger partial charge in [-0.2, -0.15) is 0 Å². The largest absolute Gasteiger partial charge is 0.477 e. The van der Waals surface area contributed by atoms with Gasteiger partial charge >= 0.3 is 5.97 Å². The molecule has 1 fully saturated rings. The zero-order chi connectivity index (χ0) is 15.4. The van der Waals surface area contributed by atoms with E-state index in [-0.39, 0.29) is 11.3 Å². The van der Waals surface area contributed by atoms with Gasteiger partial charge in [-0.05, 0) is 43.7 Å². The van der Waals surface area contributed by atoms with Crippen molar-refractivity contribution in [1.82, 2.24) is 0 Å². The van der Waals surface area contributed by atoms with Crippen LogP contribution in [0.25, 0.3) is 0 Å². The molecule has 0 spiro atoms. The standard InChI is InChI=1S/C15H20N2O4/c1-2-10-3-5-11(6-4-10)16-12-7-8-14(17(20)21)13(9-12)15(18)19/h7-11,16H,2-6H2,1H3,(H,18,19). The second-order valence-electron chi connectivity index (χ2n) is 5.56. The van der Waals surface area contributed by atoms with Crippen molar-refractivity contribution in [3.8, 4) is 0 Å². The van der Waals surface area contributed by atoms with E-state index < -0.39 is 10.9 Å². The molecule has 0 bridgehead atoms. The maximum Gasteiger partial charge on any atom is 0.342 e. The first-order valence-corrected chi connectivity index (χ1v) is 7.29. The number of anilines is 1. The quantitative estimate of drug-likeness (QED) is 0.638. The molecule has 6 heteroatoms. The number of nitro benzene ring substituents is 1. The lowest BCUT2D eigenvalue weighted by atomic mass is 9.84. The Labute approximate surface area is 123 Å². The van der Waals surface area contributed by atoms with Crippen molar-refractivity contribution in [2.45, 2.75) is 45.1 Å². The summed E-state index contributed by atoms with van der Waals surface area (Å²) < 4.78 is 0. The first-order chi connectivity index (χ1) is 10.0. The van der Waals surface area contributed by atoms with Gasteiger partial charge in [-0.25, -0.2) is 4.79 Å². The van der Waals surface area contributed by atoms with Gasteiger partial charge in [0.2, 0.25) is 0 Å². The molecule has 6 nitrogen and oxygen atoms in total. The van der Waals surface area contributed by atoms with Crippen LogP contribution in [0.1, 0.15) is 49.4 Å². The van der Waals surface area contributed by atoms with Crippen LogP contribution in [0, 0.1) is 16.0 Å². The Morgan fingerprint density at radius 2 is 2.05 bits per heavy atom. The summed E-state index contributed by atoms with van der Waals surface area (Å²) in [4.78, 5) is 21.3. The summed E-state index contributed by atoms with van der Waals surface area (Å²) in [6, 6.07) is 4.50. The fourth-order valence-electron chi connectivity index (χ4n) is 2.91. The predicted molar refractivity (Wildman–Crippen MR) is 79.7 cm³/mol. The third kappa shape index (κ3) is 3.71. The molecular formula is C15H20N2O4. The van der Waals surface area contributed by atoms with E-state index in [1.165, 1.54) is 31.4 Å². The molecular weight excluding hydrogens is 272 g/mol. The van der Waals surface area contributed by atoms with Gasteiger partial charge in [0, 0.05) is 17.8 Å². The van der Waals surface area contributed by atoms with Crippen molar-refractivity contribution in [3.63, 3.8) is 0 Å². The van der Waals surface area contributed by atoms with E-state index in [4.69, 9.17) is 5.11 Å². The lowest BCUT2D eigenvalue weighted by molar-refractivity contribution is -0.385. The molecule has 1 aromatic rings. The molecule has 0 amide bonds. The zero-order valence-corrected chi connectivity index (χ0v) is 12.0. The van der Waals surface area contributed by atoms with Gasteiger partial charge in [0.05, 0.1) is 4.92 Å². The summed E-state index contributed by atoms with van der Waals surface area (Å²) in [6.07, 6.45) is 5.66. The number of hydrogen-bond donors (Lipinski definition) is 2. The SMILES string of the molecule is CCC1CCC(Nc2ccc([N+](=O)[O-])c(C(=O)O)c2)CC1. The molecule has 1 aliphatic rings. The maximum atomic E-state index is 11.1. The minimum atomic E-state index is -1.28. The molecule has 114 valence electrons. The first kappa shape index (κ1) is 15.3. The van der Waals surface area contributed by atoms with Gasteiger partial charge in [-0.3, -0.25) is 10.1 Å². The maximum absolute atomic E-state index is 11.1. The van der Waals surface area contributed by atoms with Crippen LogP contribution in [-0.4, -0.2) is 22.0 Å². The lowest BCUT2D eigenvalue weighted by Gasteiger charge is -2.29. The first-order valence-electron chi connectivity index (χ1n) is 7.29. The number of nitrogens with zero attached hydrogens (tertiary/aromatic N) is 1. The predicted octanol–water partition coefficient (Wildman–Crippen LogP) is 3.67. The van der Waals surface area contributed by atoms with Crippen LogP contribution in [0.15, 0.2) is 18.2 Å². The zero-order valence-electron chi connectivity index (χ0n) is 12.0. The van der Waals surface area contributed by atoms with E-state index in [2.05, 4.69) is 12.2 Å². The normalized spacial score (nSPS) is 21.8. The number of aromatic carboxylic acids is 1. The molecule has 1 aromatic carbocycles. The summed E-state index contributed by atoms with van der Waals surface area (Å²) in [5.74, 6) is -0.491. The van der Waals surface area contributed by atoms with Gasteiger partial charge in [0.1, 0.15) is 5.56 Å². The van der Waals surface area contributed by atoms with E-state index in [0.717, 1.165) is 18.8 Å². The second-order valence-corrected chi connectivity index (χ2v) is 5.56. The molecule has 0 radical (unpaired) electrons. The highest BCUT2D eigenvalue weighted by molar-refractivity contribution is 5.93. The summed E-state index contributed by atoms with van der Waals surface area (Å²) in [5.41, 5.74) is -0.00654. The van der Waals surface area contributed by atoms with Crippen molar-refractivity contribution in [1.29, 1.82) is 0 Å². The van der Waals surface area contributed by atoms with Gasteiger partial charge < -0.3 is 10.4 Å². The Morgan fingerprint density at radius 3 is 2.57 bits per heavy atom. The highest BCUT2D eigenvalue weighted by atomic mass is 16.6. The molecule has 0 atom stereocenters. The highest BCUT2D eigenvalue weighted by Gasteiger charge is 2.23.